The summed E-state index contributed by atoms with van der Waals surface area (Å²) in [4.78, 5) is 39.3. The Balaban J connectivity index is 1.71. The van der Waals surface area contributed by atoms with Gasteiger partial charge >= 0.3 is 0 Å². The van der Waals surface area contributed by atoms with Crippen molar-refractivity contribution in [3.05, 3.63) is 56.2 Å². The number of aromatic nitrogens is 1. The molecule has 170 valence electrons. The Hall–Kier alpha value is -3.55. The molecule has 2 aliphatic heterocycles. The highest BCUT2D eigenvalue weighted by atomic mass is 32.2. The molecule has 2 aliphatic rings. The van der Waals surface area contributed by atoms with Crippen molar-refractivity contribution in [3.63, 3.8) is 0 Å². The molecule has 0 aliphatic carbocycles. The predicted molar refractivity (Wildman–Crippen MR) is 126 cm³/mol. The van der Waals surface area contributed by atoms with Gasteiger partial charge in [0, 0.05) is 30.5 Å². The van der Waals surface area contributed by atoms with Gasteiger partial charge in [-0.05, 0) is 55.4 Å². The standard InChI is InChI=1S/C23H22N4O5S/c1-4-7-25-22(28)21(33-23(25)29)13-17-12-15(2)26(16(17)3)18-5-6-19(20(14-18)27(30)31)24-8-10-32-11-9-24/h1,5-6,12-14H,7-11H2,2-3H3/b21-13-. The number of carbonyl (C=O) groups is 2. The SMILES string of the molecule is C#CCN1C(=O)S/C(=C\c2cc(C)n(-c3ccc(N4CCOCC4)c([N+](=O)[O-])c3)c2C)C1=O. The lowest BCUT2D eigenvalue weighted by molar-refractivity contribution is -0.384. The summed E-state index contributed by atoms with van der Waals surface area (Å²) in [6.45, 7) is 5.94. The fraction of sp³-hybridized carbons (Fsp3) is 0.304. The molecule has 33 heavy (non-hydrogen) atoms. The normalized spacial score (nSPS) is 17.7. The summed E-state index contributed by atoms with van der Waals surface area (Å²) in [6.07, 6.45) is 6.91. The zero-order valence-electron chi connectivity index (χ0n) is 18.2. The van der Waals surface area contributed by atoms with Crippen LogP contribution in [-0.2, 0) is 9.53 Å². The summed E-state index contributed by atoms with van der Waals surface area (Å²) in [7, 11) is 0. The smallest absolute Gasteiger partial charge is 0.294 e. The molecule has 0 bridgehead atoms. The molecule has 0 spiro atoms. The summed E-state index contributed by atoms with van der Waals surface area (Å²) in [5.74, 6) is 1.90. The Bertz CT molecular complexity index is 1220. The van der Waals surface area contributed by atoms with Crippen LogP contribution in [0.15, 0.2) is 29.2 Å². The molecule has 2 fully saturated rings. The van der Waals surface area contributed by atoms with Crippen LogP contribution in [0.2, 0.25) is 0 Å². The summed E-state index contributed by atoms with van der Waals surface area (Å²) in [5, 5.41) is 11.4. The van der Waals surface area contributed by atoms with Crippen LogP contribution in [0.3, 0.4) is 0 Å². The monoisotopic (exact) mass is 466 g/mol. The van der Waals surface area contributed by atoms with Gasteiger partial charge in [0.1, 0.15) is 5.69 Å². The maximum Gasteiger partial charge on any atom is 0.294 e. The second kappa shape index (κ2) is 9.13. The number of hydrogen-bond donors (Lipinski definition) is 0. The fourth-order valence-corrected chi connectivity index (χ4v) is 4.90. The number of carbonyl (C=O) groups excluding carboxylic acids is 2. The molecule has 0 radical (unpaired) electrons. The van der Waals surface area contributed by atoms with Gasteiger partial charge in [-0.25, -0.2) is 0 Å². The minimum atomic E-state index is -0.418. The third-order valence-electron chi connectivity index (χ3n) is 5.65. The van der Waals surface area contributed by atoms with Crippen molar-refractivity contribution in [1.29, 1.82) is 0 Å². The molecule has 9 nitrogen and oxygen atoms in total. The number of amides is 2. The number of benzene rings is 1. The average Bonchev–Trinajstić information content (AvgIpc) is 3.23. The molecule has 2 amide bonds. The van der Waals surface area contributed by atoms with Crippen LogP contribution in [0.4, 0.5) is 16.2 Å². The predicted octanol–water partition coefficient (Wildman–Crippen LogP) is 3.51. The van der Waals surface area contributed by atoms with E-state index in [2.05, 4.69) is 5.92 Å². The van der Waals surface area contributed by atoms with E-state index in [9.17, 15) is 19.7 Å². The third kappa shape index (κ3) is 4.25. The zero-order chi connectivity index (χ0) is 23.7. The molecule has 3 heterocycles. The summed E-state index contributed by atoms with van der Waals surface area (Å²) >= 11 is 0.849. The van der Waals surface area contributed by atoms with Gasteiger partial charge in [-0.3, -0.25) is 24.6 Å². The van der Waals surface area contributed by atoms with E-state index in [0.29, 0.717) is 42.6 Å². The number of imide groups is 1. The van der Waals surface area contributed by atoms with E-state index < -0.39 is 11.1 Å². The lowest BCUT2D eigenvalue weighted by Gasteiger charge is -2.28. The fourth-order valence-electron chi connectivity index (χ4n) is 4.07. The van der Waals surface area contributed by atoms with E-state index in [0.717, 1.165) is 33.6 Å². The number of terminal acetylenes is 1. The molecule has 2 saturated heterocycles. The van der Waals surface area contributed by atoms with Gasteiger partial charge in [0.05, 0.1) is 35.3 Å². The lowest BCUT2D eigenvalue weighted by Crippen LogP contribution is -2.36. The first-order valence-electron chi connectivity index (χ1n) is 10.3. The van der Waals surface area contributed by atoms with E-state index >= 15 is 0 Å². The van der Waals surface area contributed by atoms with E-state index in [1.54, 1.807) is 18.2 Å². The number of aryl methyl sites for hydroxylation is 1. The van der Waals surface area contributed by atoms with Crippen LogP contribution in [-0.4, -0.2) is 58.4 Å². The zero-order valence-corrected chi connectivity index (χ0v) is 19.1. The molecule has 0 N–H and O–H groups in total. The summed E-state index contributed by atoms with van der Waals surface area (Å²) in [6, 6.07) is 7.06. The largest absolute Gasteiger partial charge is 0.378 e. The van der Waals surface area contributed by atoms with Crippen LogP contribution in [0, 0.1) is 36.3 Å². The van der Waals surface area contributed by atoms with Crippen molar-refractivity contribution in [2.24, 2.45) is 0 Å². The molecule has 2 aromatic rings. The number of rotatable bonds is 5. The van der Waals surface area contributed by atoms with Crippen LogP contribution in [0.5, 0.6) is 0 Å². The van der Waals surface area contributed by atoms with E-state index in [1.807, 2.05) is 35.4 Å². The summed E-state index contributed by atoms with van der Waals surface area (Å²) in [5.41, 5.74) is 3.63. The molecular formula is C23H22N4O5S. The van der Waals surface area contributed by atoms with Crippen molar-refractivity contribution < 1.29 is 19.2 Å². The number of anilines is 1. The van der Waals surface area contributed by atoms with Crippen LogP contribution in [0.1, 0.15) is 17.0 Å². The number of ether oxygens (including phenoxy) is 1. The molecule has 0 unspecified atom stereocenters. The highest BCUT2D eigenvalue weighted by Crippen LogP contribution is 2.35. The number of hydrogen-bond acceptors (Lipinski definition) is 7. The van der Waals surface area contributed by atoms with Crippen molar-refractivity contribution >= 4 is 40.4 Å². The van der Waals surface area contributed by atoms with Gasteiger partial charge in [-0.2, -0.15) is 0 Å². The van der Waals surface area contributed by atoms with Crippen LogP contribution < -0.4 is 4.90 Å². The molecule has 10 heteroatoms. The molecule has 4 rings (SSSR count). The van der Waals surface area contributed by atoms with Gasteiger partial charge < -0.3 is 14.2 Å². The van der Waals surface area contributed by atoms with Gasteiger partial charge in [-0.1, -0.05) is 5.92 Å². The maximum absolute atomic E-state index is 12.5. The molecule has 0 atom stereocenters. The Morgan fingerprint density at radius 1 is 1.24 bits per heavy atom. The van der Waals surface area contributed by atoms with Gasteiger partial charge in [0.25, 0.3) is 16.8 Å². The highest BCUT2D eigenvalue weighted by Gasteiger charge is 2.34. The lowest BCUT2D eigenvalue weighted by atomic mass is 10.2. The highest BCUT2D eigenvalue weighted by molar-refractivity contribution is 8.18. The molecule has 0 saturated carbocycles. The Morgan fingerprint density at radius 2 is 1.97 bits per heavy atom. The Labute approximate surface area is 195 Å². The number of nitro groups is 1. The van der Waals surface area contributed by atoms with E-state index in [-0.39, 0.29) is 17.2 Å². The number of morpholine rings is 1. The second-order valence-corrected chi connectivity index (χ2v) is 8.66. The average molecular weight is 467 g/mol. The Kier molecular flexibility index (Phi) is 6.26. The minimum Gasteiger partial charge on any atom is -0.378 e. The Morgan fingerprint density at radius 3 is 2.64 bits per heavy atom. The van der Waals surface area contributed by atoms with Crippen LogP contribution >= 0.6 is 11.8 Å². The first-order chi connectivity index (χ1) is 15.8. The molecular weight excluding hydrogens is 444 g/mol. The van der Waals surface area contributed by atoms with Crippen molar-refractivity contribution in [1.82, 2.24) is 9.47 Å². The second-order valence-electron chi connectivity index (χ2n) is 7.66. The van der Waals surface area contributed by atoms with Crippen LogP contribution in [0.25, 0.3) is 11.8 Å². The maximum atomic E-state index is 12.5. The van der Waals surface area contributed by atoms with Gasteiger partial charge in [-0.15, -0.1) is 6.42 Å². The first kappa shape index (κ1) is 22.6. The summed E-state index contributed by atoms with van der Waals surface area (Å²) < 4.78 is 7.25. The molecule has 1 aromatic carbocycles. The third-order valence-corrected chi connectivity index (χ3v) is 6.55. The number of nitrogens with zero attached hydrogens (tertiary/aromatic N) is 4. The van der Waals surface area contributed by atoms with E-state index in [1.165, 1.54) is 0 Å². The first-order valence-corrected chi connectivity index (χ1v) is 11.1. The topological polar surface area (TPSA) is 97.9 Å². The van der Waals surface area contributed by atoms with Crippen molar-refractivity contribution in [2.75, 3.05) is 37.7 Å². The number of thioether (sulfide) groups is 1. The van der Waals surface area contributed by atoms with Crippen molar-refractivity contribution in [3.8, 4) is 18.0 Å². The van der Waals surface area contributed by atoms with E-state index in [4.69, 9.17) is 11.2 Å². The van der Waals surface area contributed by atoms with Gasteiger partial charge in [0.2, 0.25) is 0 Å². The van der Waals surface area contributed by atoms with Gasteiger partial charge in [0.15, 0.2) is 0 Å². The van der Waals surface area contributed by atoms with Crippen molar-refractivity contribution in [2.45, 2.75) is 13.8 Å². The minimum absolute atomic E-state index is 0.0267. The quantitative estimate of drug-likeness (QED) is 0.288. The number of nitro benzene ring substituents is 1. The molecule has 1 aromatic heterocycles.